The predicted octanol–water partition coefficient (Wildman–Crippen LogP) is 2.24. The molecular formula is C10H16N2O2. The summed E-state index contributed by atoms with van der Waals surface area (Å²) in [6, 6.07) is 0. The molecule has 4 nitrogen and oxygen atoms in total. The molecule has 0 spiro atoms. The van der Waals surface area contributed by atoms with Crippen LogP contribution in [0.1, 0.15) is 32.6 Å². The number of carbonyl (C=O) groups excluding carboxylic acids is 2. The molecular weight excluding hydrogens is 180 g/mol. The van der Waals surface area contributed by atoms with Crippen molar-refractivity contribution < 1.29 is 9.59 Å². The number of rotatable bonds is 0. The van der Waals surface area contributed by atoms with E-state index in [1.165, 1.54) is 0 Å². The van der Waals surface area contributed by atoms with E-state index in [0.29, 0.717) is 0 Å². The lowest BCUT2D eigenvalue weighted by Gasteiger charge is -2.15. The molecule has 0 radical (unpaired) electrons. The maximum Gasteiger partial charge on any atom is 0.231 e. The number of fused-ring (bicyclic) bond motifs is 2. The monoisotopic (exact) mass is 196 g/mol. The van der Waals surface area contributed by atoms with Crippen LogP contribution in [0, 0.1) is 28.6 Å². The average Bonchev–Trinajstić information content (AvgIpc) is 2.67. The van der Waals surface area contributed by atoms with Gasteiger partial charge in [0.2, 0.25) is 12.2 Å². The first-order chi connectivity index (χ1) is 6.69. The molecule has 2 aliphatic rings. The van der Waals surface area contributed by atoms with Crippen molar-refractivity contribution >= 4 is 12.2 Å². The van der Waals surface area contributed by atoms with Gasteiger partial charge in [-0.2, -0.15) is 0 Å². The van der Waals surface area contributed by atoms with Gasteiger partial charge in [-0.1, -0.05) is 13.3 Å². The molecule has 0 aliphatic heterocycles. The van der Waals surface area contributed by atoms with Gasteiger partial charge >= 0.3 is 0 Å². The fourth-order valence-corrected chi connectivity index (χ4v) is 2.56. The summed E-state index contributed by atoms with van der Waals surface area (Å²) in [6.45, 7) is 2.42. The Hall–Kier alpha value is -1.24. The lowest BCUT2D eigenvalue weighted by atomic mass is 9.91. The zero-order valence-electron chi connectivity index (χ0n) is 8.38. The van der Waals surface area contributed by atoms with Gasteiger partial charge in [-0.25, -0.2) is 20.4 Å². The molecule has 0 saturated heterocycles. The minimum absolute atomic E-state index is 0.750. The van der Waals surface area contributed by atoms with Crippen LogP contribution in [0.2, 0.25) is 0 Å². The van der Waals surface area contributed by atoms with Crippen LogP contribution in [0.4, 0.5) is 0 Å². The van der Waals surface area contributed by atoms with Crippen LogP contribution >= 0.6 is 0 Å². The van der Waals surface area contributed by atoms with E-state index in [9.17, 15) is 0 Å². The van der Waals surface area contributed by atoms with Crippen molar-refractivity contribution in [1.29, 1.82) is 10.8 Å². The molecule has 2 saturated carbocycles. The Morgan fingerprint density at radius 3 is 1.71 bits per heavy atom. The van der Waals surface area contributed by atoms with Gasteiger partial charge in [-0.05, 0) is 37.0 Å². The summed E-state index contributed by atoms with van der Waals surface area (Å²) < 4.78 is 0. The van der Waals surface area contributed by atoms with Gasteiger partial charge < -0.3 is 0 Å². The highest BCUT2D eigenvalue weighted by molar-refractivity contribution is 5.26. The van der Waals surface area contributed by atoms with Crippen molar-refractivity contribution in [3.63, 3.8) is 0 Å². The molecule has 14 heavy (non-hydrogen) atoms. The maximum atomic E-state index is 8.35. The summed E-state index contributed by atoms with van der Waals surface area (Å²) in [5, 5.41) is 10.8. The summed E-state index contributed by atoms with van der Waals surface area (Å²) in [5.74, 6) is 3.36. The molecule has 2 bridgehead atoms. The third-order valence-electron chi connectivity index (χ3n) is 3.09. The SMILES string of the molecule is CC1CC2CCC1C2.N=C=O.N=C=O. The smallest absolute Gasteiger partial charge is 0.222 e. The van der Waals surface area contributed by atoms with E-state index in [4.69, 9.17) is 20.4 Å². The first-order valence-corrected chi connectivity index (χ1v) is 4.77. The molecule has 3 unspecified atom stereocenters. The number of nitrogens with one attached hydrogen (secondary N) is 2. The Kier molecular flexibility index (Phi) is 6.55. The normalized spacial score (nSPS) is 31.4. The van der Waals surface area contributed by atoms with Gasteiger partial charge in [-0.15, -0.1) is 0 Å². The van der Waals surface area contributed by atoms with E-state index < -0.39 is 0 Å². The third-order valence-corrected chi connectivity index (χ3v) is 3.09. The molecule has 0 aromatic heterocycles. The van der Waals surface area contributed by atoms with Crippen LogP contribution in [0.25, 0.3) is 0 Å². The van der Waals surface area contributed by atoms with E-state index in [0.717, 1.165) is 29.9 Å². The molecule has 78 valence electrons. The second-order valence-corrected chi connectivity index (χ2v) is 3.86. The molecule has 2 rings (SSSR count). The average molecular weight is 196 g/mol. The van der Waals surface area contributed by atoms with Crippen LogP contribution < -0.4 is 0 Å². The molecule has 4 heteroatoms. The highest BCUT2D eigenvalue weighted by Crippen LogP contribution is 2.47. The molecule has 0 aromatic carbocycles. The quantitative estimate of drug-likeness (QED) is 0.460. The van der Waals surface area contributed by atoms with Crippen molar-refractivity contribution in [1.82, 2.24) is 0 Å². The largest absolute Gasteiger partial charge is 0.231 e. The first kappa shape index (κ1) is 12.8. The highest BCUT2D eigenvalue weighted by atomic mass is 16.1. The Bertz CT molecular complexity index is 214. The van der Waals surface area contributed by atoms with Gasteiger partial charge in [-0.3, -0.25) is 0 Å². The summed E-state index contributed by atoms with van der Waals surface area (Å²) in [4.78, 5) is 16.7. The van der Waals surface area contributed by atoms with Crippen LogP contribution in [0.5, 0.6) is 0 Å². The van der Waals surface area contributed by atoms with Gasteiger partial charge in [0.25, 0.3) is 0 Å². The first-order valence-electron chi connectivity index (χ1n) is 4.77. The van der Waals surface area contributed by atoms with Crippen LogP contribution in [0.15, 0.2) is 0 Å². The summed E-state index contributed by atoms with van der Waals surface area (Å²) in [6.07, 6.45) is 7.71. The van der Waals surface area contributed by atoms with Gasteiger partial charge in [0.1, 0.15) is 0 Å². The van der Waals surface area contributed by atoms with E-state index >= 15 is 0 Å². The lowest BCUT2D eigenvalue weighted by Crippen LogP contribution is -2.04. The van der Waals surface area contributed by atoms with Crippen molar-refractivity contribution in [2.75, 3.05) is 0 Å². The van der Waals surface area contributed by atoms with Crippen molar-refractivity contribution in [3.8, 4) is 0 Å². The molecule has 2 fully saturated rings. The van der Waals surface area contributed by atoms with Crippen molar-refractivity contribution in [2.24, 2.45) is 17.8 Å². The van der Waals surface area contributed by atoms with E-state index in [1.807, 2.05) is 0 Å². The van der Waals surface area contributed by atoms with Crippen LogP contribution in [-0.4, -0.2) is 12.2 Å². The molecule has 3 atom stereocenters. The van der Waals surface area contributed by atoms with Crippen molar-refractivity contribution in [2.45, 2.75) is 32.6 Å². The zero-order valence-corrected chi connectivity index (χ0v) is 8.38. The molecule has 2 aliphatic carbocycles. The highest BCUT2D eigenvalue weighted by Gasteiger charge is 2.36. The maximum absolute atomic E-state index is 8.35. The third kappa shape index (κ3) is 4.13. The minimum Gasteiger partial charge on any atom is -0.222 e. The summed E-state index contributed by atoms with van der Waals surface area (Å²) >= 11 is 0. The molecule has 0 amide bonds. The number of hydrogen-bond donors (Lipinski definition) is 2. The molecule has 0 heterocycles. The Morgan fingerprint density at radius 1 is 1.07 bits per heavy atom. The topological polar surface area (TPSA) is 81.8 Å². The molecule has 2 N–H and O–H groups in total. The lowest BCUT2D eigenvalue weighted by molar-refractivity contribution is 0.360. The fourth-order valence-electron chi connectivity index (χ4n) is 2.56. The second kappa shape index (κ2) is 7.19. The minimum atomic E-state index is 0.750. The van der Waals surface area contributed by atoms with Gasteiger partial charge in [0, 0.05) is 0 Å². The summed E-state index contributed by atoms with van der Waals surface area (Å²) in [7, 11) is 0. The number of isocyanates is 2. The Morgan fingerprint density at radius 2 is 1.57 bits per heavy atom. The van der Waals surface area contributed by atoms with Crippen LogP contribution in [0.3, 0.4) is 0 Å². The second-order valence-electron chi connectivity index (χ2n) is 3.86. The van der Waals surface area contributed by atoms with E-state index in [-0.39, 0.29) is 0 Å². The molecule has 0 aromatic rings. The van der Waals surface area contributed by atoms with E-state index in [1.54, 1.807) is 25.7 Å². The summed E-state index contributed by atoms with van der Waals surface area (Å²) in [5.41, 5.74) is 0. The van der Waals surface area contributed by atoms with E-state index in [2.05, 4.69) is 6.92 Å². The van der Waals surface area contributed by atoms with Crippen LogP contribution in [-0.2, 0) is 9.59 Å². The van der Waals surface area contributed by atoms with Crippen molar-refractivity contribution in [3.05, 3.63) is 0 Å². The number of hydrogen-bond acceptors (Lipinski definition) is 4. The standard InChI is InChI=1S/C8H14.2CHNO/c1-6-4-7-2-3-8(6)5-7;2*2-1-3/h6-8H,2-5H2,1H3;2*2H. The van der Waals surface area contributed by atoms with Gasteiger partial charge in [0.05, 0.1) is 0 Å². The Labute approximate surface area is 83.7 Å². The fraction of sp³-hybridized carbons (Fsp3) is 0.800. The predicted molar refractivity (Wildman–Crippen MR) is 51.4 cm³/mol. The zero-order chi connectivity index (χ0) is 11.0. The Balaban J connectivity index is 0.000000242. The van der Waals surface area contributed by atoms with Gasteiger partial charge in [0.15, 0.2) is 0 Å².